The number of aryl methyl sites for hydroxylation is 1. The first-order valence-electron chi connectivity index (χ1n) is 6.72. The molecule has 0 unspecified atom stereocenters. The Morgan fingerprint density at radius 2 is 1.90 bits per heavy atom. The fraction of sp³-hybridized carbons (Fsp3) is 0.294. The zero-order valence-corrected chi connectivity index (χ0v) is 13.7. The van der Waals surface area contributed by atoms with Crippen LogP contribution in [0, 0.1) is 6.92 Å². The first-order valence-corrected chi connectivity index (χ1v) is 7.51. The van der Waals surface area contributed by atoms with Gasteiger partial charge in [-0.3, -0.25) is 0 Å². The first-order chi connectivity index (χ1) is 9.49. The van der Waals surface area contributed by atoms with Crippen molar-refractivity contribution in [2.24, 2.45) is 0 Å². The summed E-state index contributed by atoms with van der Waals surface area (Å²) in [6.45, 7) is 4.78. The number of hydrogen-bond acceptors (Lipinski definition) is 2. The number of benzene rings is 2. The van der Waals surface area contributed by atoms with Gasteiger partial charge in [0.2, 0.25) is 0 Å². The van der Waals surface area contributed by atoms with Gasteiger partial charge in [0, 0.05) is 23.8 Å². The number of anilines is 1. The lowest BCUT2D eigenvalue weighted by Crippen LogP contribution is -2.17. The van der Waals surface area contributed by atoms with Crippen LogP contribution in [0.5, 0.6) is 0 Å². The van der Waals surface area contributed by atoms with Gasteiger partial charge in [0.25, 0.3) is 0 Å². The van der Waals surface area contributed by atoms with Crippen LogP contribution < -0.4 is 4.90 Å². The van der Waals surface area contributed by atoms with E-state index in [9.17, 15) is 5.11 Å². The van der Waals surface area contributed by atoms with Crippen LogP contribution in [0.2, 0.25) is 0 Å². The van der Waals surface area contributed by atoms with Crippen LogP contribution in [0.15, 0.2) is 46.9 Å². The highest BCUT2D eigenvalue weighted by Gasteiger charge is 2.09. The molecule has 2 aromatic carbocycles. The van der Waals surface area contributed by atoms with E-state index in [4.69, 9.17) is 0 Å². The number of nitrogens with zero attached hydrogens (tertiary/aromatic N) is 1. The van der Waals surface area contributed by atoms with Crippen LogP contribution in [0.4, 0.5) is 5.69 Å². The minimum Gasteiger partial charge on any atom is -0.389 e. The van der Waals surface area contributed by atoms with E-state index in [1.807, 2.05) is 12.1 Å². The standard InChI is InChI=1S/C17H20BrNO/c1-12-6-4-5-7-14(12)11-19(3)15-8-9-16(13(2)20)17(18)10-15/h4-10,13,20H,11H2,1-3H3/t13-/m1/s1. The molecular formula is C17H20BrNO. The Labute approximate surface area is 129 Å². The zero-order valence-electron chi connectivity index (χ0n) is 12.1. The molecule has 0 radical (unpaired) electrons. The van der Waals surface area contributed by atoms with E-state index in [1.54, 1.807) is 6.92 Å². The molecule has 0 amide bonds. The van der Waals surface area contributed by atoms with Crippen molar-refractivity contribution in [3.05, 3.63) is 63.6 Å². The van der Waals surface area contributed by atoms with E-state index in [-0.39, 0.29) is 0 Å². The van der Waals surface area contributed by atoms with Gasteiger partial charge >= 0.3 is 0 Å². The average Bonchev–Trinajstić information content (AvgIpc) is 2.40. The second-order valence-electron chi connectivity index (χ2n) is 5.16. The molecule has 0 spiro atoms. The van der Waals surface area contributed by atoms with Crippen molar-refractivity contribution in [1.29, 1.82) is 0 Å². The topological polar surface area (TPSA) is 23.5 Å². The molecule has 2 nitrogen and oxygen atoms in total. The van der Waals surface area contributed by atoms with E-state index in [0.29, 0.717) is 0 Å². The van der Waals surface area contributed by atoms with E-state index in [0.717, 1.165) is 22.3 Å². The van der Waals surface area contributed by atoms with Gasteiger partial charge in [0.05, 0.1) is 6.10 Å². The Balaban J connectivity index is 2.20. The average molecular weight is 334 g/mol. The van der Waals surface area contributed by atoms with Gasteiger partial charge in [0.15, 0.2) is 0 Å². The van der Waals surface area contributed by atoms with Crippen LogP contribution in [0.25, 0.3) is 0 Å². The van der Waals surface area contributed by atoms with Crippen molar-refractivity contribution >= 4 is 21.6 Å². The van der Waals surface area contributed by atoms with Gasteiger partial charge in [-0.1, -0.05) is 46.3 Å². The summed E-state index contributed by atoms with van der Waals surface area (Å²) < 4.78 is 0.946. The maximum absolute atomic E-state index is 9.66. The summed E-state index contributed by atoms with van der Waals surface area (Å²) >= 11 is 3.53. The molecule has 0 saturated heterocycles. The molecule has 2 aromatic rings. The molecule has 2 rings (SSSR count). The van der Waals surface area contributed by atoms with Crippen LogP contribution in [0.3, 0.4) is 0 Å². The lowest BCUT2D eigenvalue weighted by molar-refractivity contribution is 0.198. The number of aliphatic hydroxyl groups excluding tert-OH is 1. The minimum atomic E-state index is -0.458. The van der Waals surface area contributed by atoms with Gasteiger partial charge in [0.1, 0.15) is 0 Å². The van der Waals surface area contributed by atoms with Gasteiger partial charge in [-0.2, -0.15) is 0 Å². The minimum absolute atomic E-state index is 0.458. The fourth-order valence-corrected chi connectivity index (χ4v) is 2.92. The molecule has 3 heteroatoms. The molecule has 20 heavy (non-hydrogen) atoms. The molecule has 0 aliphatic heterocycles. The molecule has 0 heterocycles. The second-order valence-corrected chi connectivity index (χ2v) is 6.02. The van der Waals surface area contributed by atoms with Gasteiger partial charge in [-0.15, -0.1) is 0 Å². The fourth-order valence-electron chi connectivity index (χ4n) is 2.23. The van der Waals surface area contributed by atoms with Crippen LogP contribution in [0.1, 0.15) is 29.7 Å². The summed E-state index contributed by atoms with van der Waals surface area (Å²) in [5.74, 6) is 0. The molecule has 0 fully saturated rings. The summed E-state index contributed by atoms with van der Waals surface area (Å²) in [6.07, 6.45) is -0.458. The van der Waals surface area contributed by atoms with Crippen molar-refractivity contribution in [1.82, 2.24) is 0 Å². The smallest absolute Gasteiger partial charge is 0.0772 e. The molecule has 1 atom stereocenters. The summed E-state index contributed by atoms with van der Waals surface area (Å²) in [7, 11) is 2.08. The highest BCUT2D eigenvalue weighted by molar-refractivity contribution is 9.10. The third-order valence-electron chi connectivity index (χ3n) is 3.54. The van der Waals surface area contributed by atoms with Crippen LogP contribution in [-0.2, 0) is 6.54 Å². The molecular weight excluding hydrogens is 314 g/mol. The second kappa shape index (κ2) is 6.42. The predicted octanol–water partition coefficient (Wildman–Crippen LogP) is 4.45. The van der Waals surface area contributed by atoms with Crippen molar-refractivity contribution in [3.63, 3.8) is 0 Å². The molecule has 0 bridgehead atoms. The molecule has 0 saturated carbocycles. The summed E-state index contributed by atoms with van der Waals surface area (Å²) in [5.41, 5.74) is 4.67. The van der Waals surface area contributed by atoms with E-state index < -0.39 is 6.10 Å². The molecule has 0 aliphatic rings. The number of hydrogen-bond donors (Lipinski definition) is 1. The Kier molecular flexibility index (Phi) is 4.84. The molecule has 106 valence electrons. The number of aliphatic hydroxyl groups is 1. The van der Waals surface area contributed by atoms with Gasteiger partial charge in [-0.25, -0.2) is 0 Å². The Bertz CT molecular complexity index is 595. The summed E-state index contributed by atoms with van der Waals surface area (Å²) in [6, 6.07) is 14.5. The van der Waals surface area contributed by atoms with E-state index in [1.165, 1.54) is 11.1 Å². The van der Waals surface area contributed by atoms with E-state index >= 15 is 0 Å². The van der Waals surface area contributed by atoms with Crippen molar-refractivity contribution in [3.8, 4) is 0 Å². The maximum Gasteiger partial charge on any atom is 0.0772 e. The third kappa shape index (κ3) is 3.41. The van der Waals surface area contributed by atoms with Crippen molar-refractivity contribution in [2.75, 3.05) is 11.9 Å². The van der Waals surface area contributed by atoms with Crippen LogP contribution in [-0.4, -0.2) is 12.2 Å². The van der Waals surface area contributed by atoms with Crippen molar-refractivity contribution in [2.45, 2.75) is 26.5 Å². The monoisotopic (exact) mass is 333 g/mol. The SMILES string of the molecule is Cc1ccccc1CN(C)c1ccc([C@@H](C)O)c(Br)c1. The highest BCUT2D eigenvalue weighted by Crippen LogP contribution is 2.28. The Morgan fingerprint density at radius 3 is 2.50 bits per heavy atom. The predicted molar refractivity (Wildman–Crippen MR) is 88.1 cm³/mol. The number of halogens is 1. The third-order valence-corrected chi connectivity index (χ3v) is 4.23. The van der Waals surface area contributed by atoms with Crippen molar-refractivity contribution < 1.29 is 5.11 Å². The molecule has 0 aliphatic carbocycles. The zero-order chi connectivity index (χ0) is 14.7. The largest absolute Gasteiger partial charge is 0.389 e. The van der Waals surface area contributed by atoms with Gasteiger partial charge < -0.3 is 10.0 Å². The quantitative estimate of drug-likeness (QED) is 0.893. The Morgan fingerprint density at radius 1 is 1.20 bits per heavy atom. The maximum atomic E-state index is 9.66. The normalized spacial score (nSPS) is 12.2. The first kappa shape index (κ1) is 15.1. The molecule has 1 N–H and O–H groups in total. The lowest BCUT2D eigenvalue weighted by Gasteiger charge is -2.22. The summed E-state index contributed by atoms with van der Waals surface area (Å²) in [4.78, 5) is 2.21. The summed E-state index contributed by atoms with van der Waals surface area (Å²) in [5, 5.41) is 9.66. The molecule has 0 aromatic heterocycles. The lowest BCUT2D eigenvalue weighted by atomic mass is 10.1. The van der Waals surface area contributed by atoms with E-state index in [2.05, 4.69) is 65.1 Å². The van der Waals surface area contributed by atoms with Gasteiger partial charge in [-0.05, 0) is 42.7 Å². The Hall–Kier alpha value is -1.32. The number of rotatable bonds is 4. The highest BCUT2D eigenvalue weighted by atomic mass is 79.9. The van der Waals surface area contributed by atoms with Crippen LogP contribution >= 0.6 is 15.9 Å².